The number of ether oxygens (including phenoxy) is 1. The largest absolute Gasteiger partial charge is 0.450 e. The van der Waals surface area contributed by atoms with Gasteiger partial charge in [0.2, 0.25) is 5.82 Å². The van der Waals surface area contributed by atoms with E-state index in [0.717, 1.165) is 29.2 Å². The summed E-state index contributed by atoms with van der Waals surface area (Å²) >= 11 is 12.1. The summed E-state index contributed by atoms with van der Waals surface area (Å²) in [5, 5.41) is -0.133. The number of alkyl halides is 3. The van der Waals surface area contributed by atoms with E-state index in [1.165, 1.54) is 18.2 Å². The van der Waals surface area contributed by atoms with Gasteiger partial charge < -0.3 is 15.4 Å². The summed E-state index contributed by atoms with van der Waals surface area (Å²) in [6, 6.07) is 11.1. The quantitative estimate of drug-likeness (QED) is 0.423. The van der Waals surface area contributed by atoms with E-state index in [2.05, 4.69) is 16.8 Å². The van der Waals surface area contributed by atoms with Gasteiger partial charge in [0.1, 0.15) is 12.4 Å². The first-order valence-corrected chi connectivity index (χ1v) is 13.1. The Bertz CT molecular complexity index is 1540. The molecule has 1 atom stereocenters. The van der Waals surface area contributed by atoms with Crippen LogP contribution in [-0.2, 0) is 17.3 Å². The fourth-order valence-corrected chi connectivity index (χ4v) is 5.92. The molecule has 1 aliphatic heterocycles. The number of aromatic nitrogens is 2. The minimum Gasteiger partial charge on any atom is -0.372 e. The molecule has 2 aliphatic rings. The van der Waals surface area contributed by atoms with Crippen LogP contribution in [0.25, 0.3) is 5.69 Å². The number of benzene rings is 2. The molecule has 6 nitrogen and oxygen atoms in total. The van der Waals surface area contributed by atoms with Crippen molar-refractivity contribution >= 4 is 29.0 Å². The molecule has 1 spiro atoms. The Morgan fingerprint density at radius 2 is 1.92 bits per heavy atom. The standard InChI is InChI=1S/C28H25Cl2F3N4O2/c1-39-13-3-4-17-7-8-18-16-27(25(34)19(18)14-17)9-11-36(12-10-27)22-15-23(38)37(26(35-22)28(31,32)33)21-6-2-5-20(29)24(21)30/h2,5-8,14-15,25H,9-13,16,34H2,1H3/t25-/m1/s1. The molecule has 1 saturated heterocycles. The smallest absolute Gasteiger partial charge is 0.372 e. The van der Waals surface area contributed by atoms with Gasteiger partial charge in [0.15, 0.2) is 0 Å². The Balaban J connectivity index is 1.41. The van der Waals surface area contributed by atoms with Crippen molar-refractivity contribution in [3.05, 3.63) is 85.4 Å². The molecule has 0 saturated carbocycles. The van der Waals surface area contributed by atoms with Gasteiger partial charge in [-0.2, -0.15) is 13.2 Å². The van der Waals surface area contributed by atoms with Crippen LogP contribution in [0.15, 0.2) is 47.3 Å². The summed E-state index contributed by atoms with van der Waals surface area (Å²) in [4.78, 5) is 18.7. The topological polar surface area (TPSA) is 73.4 Å². The number of rotatable bonds is 3. The number of fused-ring (bicyclic) bond motifs is 1. The van der Waals surface area contributed by atoms with Crippen LogP contribution in [0.2, 0.25) is 10.0 Å². The lowest BCUT2D eigenvalue weighted by Crippen LogP contribution is -2.45. The third kappa shape index (κ3) is 5.14. The summed E-state index contributed by atoms with van der Waals surface area (Å²) in [6.07, 6.45) is -2.85. The lowest BCUT2D eigenvalue weighted by molar-refractivity contribution is -0.146. The number of halogens is 5. The Hall–Kier alpha value is -3.03. The molecule has 3 aromatic rings. The number of piperidine rings is 1. The maximum absolute atomic E-state index is 14.1. The summed E-state index contributed by atoms with van der Waals surface area (Å²) in [6.45, 7) is 1.16. The van der Waals surface area contributed by atoms with Crippen molar-refractivity contribution in [2.24, 2.45) is 11.1 Å². The van der Waals surface area contributed by atoms with Gasteiger partial charge in [0.25, 0.3) is 5.56 Å². The van der Waals surface area contributed by atoms with E-state index in [4.69, 9.17) is 33.7 Å². The first-order valence-electron chi connectivity index (χ1n) is 12.3. The maximum atomic E-state index is 14.1. The van der Waals surface area contributed by atoms with Crippen LogP contribution >= 0.6 is 23.2 Å². The minimum atomic E-state index is -4.91. The average Bonchev–Trinajstić information content (AvgIpc) is 3.16. The van der Waals surface area contributed by atoms with Crippen LogP contribution in [0.5, 0.6) is 0 Å². The molecular formula is C28H25Cl2F3N4O2. The molecule has 0 radical (unpaired) electrons. The zero-order valence-electron chi connectivity index (χ0n) is 21.0. The predicted octanol–water partition coefficient (Wildman–Crippen LogP) is 5.40. The second-order valence-electron chi connectivity index (χ2n) is 9.83. The molecule has 11 heteroatoms. The minimum absolute atomic E-state index is 0.0302. The molecule has 2 heterocycles. The number of nitrogens with two attached hydrogens (primary N) is 1. The second kappa shape index (κ2) is 10.5. The number of anilines is 1. The second-order valence-corrected chi connectivity index (χ2v) is 10.6. The van der Waals surface area contributed by atoms with Gasteiger partial charge in [-0.3, -0.25) is 9.36 Å². The van der Waals surface area contributed by atoms with Crippen molar-refractivity contribution in [3.8, 4) is 17.5 Å². The van der Waals surface area contributed by atoms with Gasteiger partial charge in [0.05, 0.1) is 15.7 Å². The van der Waals surface area contributed by atoms with E-state index < -0.39 is 17.6 Å². The van der Waals surface area contributed by atoms with Crippen LogP contribution in [0.1, 0.15) is 41.4 Å². The normalized spacial score (nSPS) is 18.1. The zero-order chi connectivity index (χ0) is 27.9. The van der Waals surface area contributed by atoms with Crippen LogP contribution in [0.4, 0.5) is 19.0 Å². The molecule has 2 aromatic carbocycles. The van der Waals surface area contributed by atoms with Crippen LogP contribution in [-0.4, -0.2) is 36.4 Å². The van der Waals surface area contributed by atoms with Gasteiger partial charge in [-0.1, -0.05) is 47.2 Å². The monoisotopic (exact) mass is 576 g/mol. The molecule has 0 bridgehead atoms. The molecular weight excluding hydrogens is 552 g/mol. The SMILES string of the molecule is COCC#Cc1ccc2c(c1)[C@@H](N)C1(CCN(c3cc(=O)n(-c4cccc(Cl)c4Cl)c(C(F)(F)F)n3)CC1)C2. The van der Waals surface area contributed by atoms with Gasteiger partial charge >= 0.3 is 6.18 Å². The number of hydrogen-bond acceptors (Lipinski definition) is 5. The predicted molar refractivity (Wildman–Crippen MR) is 145 cm³/mol. The third-order valence-corrected chi connectivity index (χ3v) is 8.36. The van der Waals surface area contributed by atoms with E-state index >= 15 is 0 Å². The van der Waals surface area contributed by atoms with E-state index in [1.807, 2.05) is 18.2 Å². The van der Waals surface area contributed by atoms with Gasteiger partial charge in [0, 0.05) is 37.9 Å². The molecule has 39 heavy (non-hydrogen) atoms. The highest BCUT2D eigenvalue weighted by molar-refractivity contribution is 6.43. The number of methoxy groups -OCH3 is 1. The summed E-state index contributed by atoms with van der Waals surface area (Å²) in [5.74, 6) is 4.63. The Morgan fingerprint density at radius 3 is 2.62 bits per heavy atom. The first kappa shape index (κ1) is 27.5. The zero-order valence-corrected chi connectivity index (χ0v) is 22.5. The average molecular weight is 577 g/mol. The van der Waals surface area contributed by atoms with Crippen LogP contribution in [0, 0.1) is 17.3 Å². The van der Waals surface area contributed by atoms with Gasteiger partial charge in [-0.25, -0.2) is 4.98 Å². The number of nitrogens with zero attached hydrogens (tertiary/aromatic N) is 3. The Morgan fingerprint density at radius 1 is 1.18 bits per heavy atom. The van der Waals surface area contributed by atoms with Crippen molar-refractivity contribution in [1.82, 2.24) is 9.55 Å². The van der Waals surface area contributed by atoms with Crippen molar-refractivity contribution in [1.29, 1.82) is 0 Å². The molecule has 1 aromatic heterocycles. The summed E-state index contributed by atoms with van der Waals surface area (Å²) in [7, 11) is 1.59. The molecule has 1 aliphatic carbocycles. The lowest BCUT2D eigenvalue weighted by atomic mass is 9.73. The van der Waals surface area contributed by atoms with E-state index in [0.29, 0.717) is 37.1 Å². The van der Waals surface area contributed by atoms with Crippen molar-refractivity contribution in [3.63, 3.8) is 0 Å². The molecule has 1 fully saturated rings. The van der Waals surface area contributed by atoms with Crippen LogP contribution in [0.3, 0.4) is 0 Å². The fourth-order valence-electron chi connectivity index (χ4n) is 5.54. The first-order chi connectivity index (χ1) is 18.5. The molecule has 2 N–H and O–H groups in total. The third-order valence-electron chi connectivity index (χ3n) is 7.55. The van der Waals surface area contributed by atoms with Crippen LogP contribution < -0.4 is 16.2 Å². The highest BCUT2D eigenvalue weighted by atomic mass is 35.5. The molecule has 5 rings (SSSR count). The highest BCUT2D eigenvalue weighted by Crippen LogP contribution is 2.51. The molecule has 0 amide bonds. The van der Waals surface area contributed by atoms with E-state index in [1.54, 1.807) is 12.0 Å². The van der Waals surface area contributed by atoms with Crippen molar-refractivity contribution in [2.45, 2.75) is 31.5 Å². The number of hydrogen-bond donors (Lipinski definition) is 1. The molecule has 0 unspecified atom stereocenters. The summed E-state index contributed by atoms with van der Waals surface area (Å²) in [5.41, 5.74) is 8.51. The van der Waals surface area contributed by atoms with Crippen molar-refractivity contribution < 1.29 is 17.9 Å². The highest BCUT2D eigenvalue weighted by Gasteiger charge is 2.46. The van der Waals surface area contributed by atoms with E-state index in [9.17, 15) is 18.0 Å². The van der Waals surface area contributed by atoms with E-state index in [-0.39, 0.29) is 33.0 Å². The Labute approximate surface area is 233 Å². The Kier molecular flexibility index (Phi) is 7.42. The fraction of sp³-hybridized carbons (Fsp3) is 0.357. The van der Waals surface area contributed by atoms with Crippen molar-refractivity contribution in [2.75, 3.05) is 31.7 Å². The summed E-state index contributed by atoms with van der Waals surface area (Å²) < 4.78 is 47.8. The lowest BCUT2D eigenvalue weighted by Gasteiger charge is -2.42. The van der Waals surface area contributed by atoms with Gasteiger partial charge in [-0.05, 0) is 60.1 Å². The maximum Gasteiger partial charge on any atom is 0.450 e. The molecule has 204 valence electrons. The van der Waals surface area contributed by atoms with Gasteiger partial charge in [-0.15, -0.1) is 0 Å².